The normalized spacial score (nSPS) is 33.8. The van der Waals surface area contributed by atoms with E-state index in [2.05, 4.69) is 13.8 Å². The first-order chi connectivity index (χ1) is 15.5. The highest BCUT2D eigenvalue weighted by atomic mass is 19.2. The van der Waals surface area contributed by atoms with E-state index in [1.807, 2.05) is 37.3 Å². The largest absolute Gasteiger partial charge is 0.378 e. The van der Waals surface area contributed by atoms with Gasteiger partial charge in [0, 0.05) is 11.0 Å². The Morgan fingerprint density at radius 2 is 1.75 bits per heavy atom. The van der Waals surface area contributed by atoms with E-state index in [0.29, 0.717) is 24.5 Å². The first kappa shape index (κ1) is 23.6. The van der Waals surface area contributed by atoms with Crippen LogP contribution in [0.1, 0.15) is 89.4 Å². The summed E-state index contributed by atoms with van der Waals surface area (Å²) in [6.07, 6.45) is 10.2. The molecule has 2 nitrogen and oxygen atoms in total. The predicted molar refractivity (Wildman–Crippen MR) is 125 cm³/mol. The third-order valence-electron chi connectivity index (χ3n) is 8.05. The lowest BCUT2D eigenvalue weighted by Crippen LogP contribution is -2.38. The number of benzene rings is 1. The zero-order valence-corrected chi connectivity index (χ0v) is 19.8. The van der Waals surface area contributed by atoms with E-state index in [9.17, 15) is 0 Å². The van der Waals surface area contributed by atoms with E-state index in [4.69, 9.17) is 9.47 Å². The van der Waals surface area contributed by atoms with Gasteiger partial charge < -0.3 is 9.47 Å². The second-order valence-electron chi connectivity index (χ2n) is 10.2. The Hall–Kier alpha value is -1.52. The Morgan fingerprint density at radius 3 is 2.34 bits per heavy atom. The van der Waals surface area contributed by atoms with Crippen LogP contribution in [0.15, 0.2) is 42.0 Å². The quantitative estimate of drug-likeness (QED) is 0.441. The minimum absolute atomic E-state index is 0.0104. The lowest BCUT2D eigenvalue weighted by molar-refractivity contribution is -0.0512. The van der Waals surface area contributed by atoms with Crippen LogP contribution < -0.4 is 0 Å². The molecule has 0 bridgehead atoms. The summed E-state index contributed by atoms with van der Waals surface area (Å²) in [5.41, 5.74) is 1.41. The smallest absolute Gasteiger partial charge is 0.162 e. The summed E-state index contributed by atoms with van der Waals surface area (Å²) in [5, 5.41) is 0. The average molecular weight is 445 g/mol. The molecule has 5 unspecified atom stereocenters. The standard InChI is InChI=1S/C28H38F2O2/c1-4-6-19-7-14-25(32-17-19)21-10-8-20(9-11-21)24-15-16-28(3,27(30)26(24)29)22-12-13-23(5-2)31-18-22/h8-11,15,19,22-23,25H,4-7,12-14,16-18H2,1-3H3. The van der Waals surface area contributed by atoms with Crippen LogP contribution in [0.5, 0.6) is 0 Å². The highest BCUT2D eigenvalue weighted by molar-refractivity contribution is 5.79. The highest BCUT2D eigenvalue weighted by Crippen LogP contribution is 2.51. The molecule has 4 rings (SSSR count). The van der Waals surface area contributed by atoms with Crippen molar-refractivity contribution in [3.63, 3.8) is 0 Å². The molecule has 32 heavy (non-hydrogen) atoms. The Bertz CT molecular complexity index is 827. The number of allylic oxidation sites excluding steroid dienone is 4. The zero-order valence-electron chi connectivity index (χ0n) is 19.8. The number of hydrogen-bond donors (Lipinski definition) is 0. The molecule has 1 aromatic carbocycles. The van der Waals surface area contributed by atoms with Crippen LogP contribution in [0.3, 0.4) is 0 Å². The van der Waals surface area contributed by atoms with Gasteiger partial charge in [-0.1, -0.05) is 57.5 Å². The van der Waals surface area contributed by atoms with E-state index < -0.39 is 17.1 Å². The van der Waals surface area contributed by atoms with E-state index in [1.54, 1.807) is 0 Å². The third-order valence-corrected chi connectivity index (χ3v) is 8.05. The summed E-state index contributed by atoms with van der Waals surface area (Å²) in [5.74, 6) is -0.640. The molecule has 5 atom stereocenters. The Balaban J connectivity index is 1.44. The number of hydrogen-bond acceptors (Lipinski definition) is 2. The lowest BCUT2D eigenvalue weighted by atomic mass is 9.68. The summed E-state index contributed by atoms with van der Waals surface area (Å²) in [6, 6.07) is 7.85. The van der Waals surface area contributed by atoms with E-state index in [0.717, 1.165) is 43.4 Å². The summed E-state index contributed by atoms with van der Waals surface area (Å²) >= 11 is 0. The van der Waals surface area contributed by atoms with Gasteiger partial charge in [-0.15, -0.1) is 0 Å². The number of ether oxygens (including phenoxy) is 2. The SMILES string of the molecule is CCCC1CCC(c2ccc(C3=CCC(C)(C4CCC(CC)OC4)C(F)=C3F)cc2)OC1. The van der Waals surface area contributed by atoms with Gasteiger partial charge in [0.1, 0.15) is 5.83 Å². The molecule has 0 radical (unpaired) electrons. The molecule has 0 spiro atoms. The monoisotopic (exact) mass is 444 g/mol. The van der Waals surface area contributed by atoms with Crippen molar-refractivity contribution in [3.8, 4) is 0 Å². The molecule has 1 aromatic rings. The molecule has 2 fully saturated rings. The second-order valence-corrected chi connectivity index (χ2v) is 10.2. The van der Waals surface area contributed by atoms with Gasteiger partial charge >= 0.3 is 0 Å². The average Bonchev–Trinajstić information content (AvgIpc) is 2.84. The van der Waals surface area contributed by atoms with Crippen LogP contribution in [0.2, 0.25) is 0 Å². The van der Waals surface area contributed by atoms with E-state index in [-0.39, 0.29) is 18.1 Å². The van der Waals surface area contributed by atoms with Crippen LogP contribution in [0, 0.1) is 17.3 Å². The predicted octanol–water partition coefficient (Wildman–Crippen LogP) is 8.10. The molecule has 0 N–H and O–H groups in total. The molecule has 0 amide bonds. The molecular weight excluding hydrogens is 406 g/mol. The van der Waals surface area contributed by atoms with Crippen LogP contribution in [0.4, 0.5) is 8.78 Å². The fourth-order valence-electron chi connectivity index (χ4n) is 5.67. The fourth-order valence-corrected chi connectivity index (χ4v) is 5.67. The van der Waals surface area contributed by atoms with Gasteiger partial charge in [-0.2, -0.15) is 0 Å². The molecular formula is C28H38F2O2. The first-order valence-corrected chi connectivity index (χ1v) is 12.6. The van der Waals surface area contributed by atoms with Crippen LogP contribution in [-0.4, -0.2) is 19.3 Å². The molecule has 2 heterocycles. The minimum atomic E-state index is -0.822. The minimum Gasteiger partial charge on any atom is -0.378 e. The number of halogens is 2. The Morgan fingerprint density at radius 1 is 0.969 bits per heavy atom. The van der Waals surface area contributed by atoms with Gasteiger partial charge in [0.25, 0.3) is 0 Å². The molecule has 0 saturated carbocycles. The maximum atomic E-state index is 15.4. The molecule has 3 aliphatic rings. The summed E-state index contributed by atoms with van der Waals surface area (Å²) in [6.45, 7) is 7.50. The third kappa shape index (κ3) is 4.72. The molecule has 2 aliphatic heterocycles. The molecule has 0 aromatic heterocycles. The lowest BCUT2D eigenvalue weighted by Gasteiger charge is -2.41. The zero-order chi connectivity index (χ0) is 22.7. The van der Waals surface area contributed by atoms with Crippen LogP contribution in [-0.2, 0) is 9.47 Å². The highest BCUT2D eigenvalue weighted by Gasteiger charge is 2.44. The van der Waals surface area contributed by atoms with Gasteiger partial charge in [0.2, 0.25) is 0 Å². The topological polar surface area (TPSA) is 18.5 Å². The van der Waals surface area contributed by atoms with Crippen molar-refractivity contribution in [2.45, 2.75) is 84.3 Å². The van der Waals surface area contributed by atoms with E-state index >= 15 is 8.78 Å². The summed E-state index contributed by atoms with van der Waals surface area (Å²) in [7, 11) is 0. The first-order valence-electron chi connectivity index (χ1n) is 12.6. The molecule has 1 aliphatic carbocycles. The fraction of sp³-hybridized carbons (Fsp3) is 0.643. The second kappa shape index (κ2) is 10.2. The Kier molecular flexibility index (Phi) is 7.51. The van der Waals surface area contributed by atoms with Crippen molar-refractivity contribution in [1.29, 1.82) is 0 Å². The molecule has 2 saturated heterocycles. The van der Waals surface area contributed by atoms with Crippen LogP contribution >= 0.6 is 0 Å². The Labute approximate surface area is 192 Å². The van der Waals surface area contributed by atoms with Gasteiger partial charge in [0.05, 0.1) is 25.4 Å². The summed E-state index contributed by atoms with van der Waals surface area (Å²) in [4.78, 5) is 0. The maximum absolute atomic E-state index is 15.4. The van der Waals surface area contributed by atoms with Gasteiger partial charge in [0.15, 0.2) is 5.83 Å². The van der Waals surface area contributed by atoms with Crippen molar-refractivity contribution >= 4 is 5.57 Å². The van der Waals surface area contributed by atoms with Crippen molar-refractivity contribution in [2.75, 3.05) is 13.2 Å². The van der Waals surface area contributed by atoms with Crippen LogP contribution in [0.25, 0.3) is 5.57 Å². The summed E-state index contributed by atoms with van der Waals surface area (Å²) < 4.78 is 42.6. The van der Waals surface area contributed by atoms with Crippen molar-refractivity contribution < 1.29 is 18.3 Å². The molecule has 176 valence electrons. The van der Waals surface area contributed by atoms with Gasteiger partial charge in [-0.3, -0.25) is 0 Å². The maximum Gasteiger partial charge on any atom is 0.162 e. The van der Waals surface area contributed by atoms with E-state index in [1.165, 1.54) is 19.3 Å². The number of rotatable bonds is 6. The molecule has 4 heteroatoms. The van der Waals surface area contributed by atoms with Gasteiger partial charge in [-0.05, 0) is 67.9 Å². The van der Waals surface area contributed by atoms with Crippen molar-refractivity contribution in [1.82, 2.24) is 0 Å². The van der Waals surface area contributed by atoms with Crippen molar-refractivity contribution in [2.24, 2.45) is 17.3 Å². The van der Waals surface area contributed by atoms with Gasteiger partial charge in [-0.25, -0.2) is 8.78 Å². The van der Waals surface area contributed by atoms with Crippen molar-refractivity contribution in [3.05, 3.63) is 53.1 Å².